The summed E-state index contributed by atoms with van der Waals surface area (Å²) in [4.78, 5) is 38.2. The fourth-order valence-corrected chi connectivity index (χ4v) is 5.58. The van der Waals surface area contributed by atoms with Crippen molar-refractivity contribution in [1.29, 1.82) is 0 Å². The van der Waals surface area contributed by atoms with Gasteiger partial charge in [0, 0.05) is 31.7 Å². The number of nitrogens with zero attached hydrogens (tertiary/aromatic N) is 4. The van der Waals surface area contributed by atoms with E-state index in [1.165, 1.54) is 13.2 Å². The van der Waals surface area contributed by atoms with E-state index in [-0.39, 0.29) is 40.5 Å². The summed E-state index contributed by atoms with van der Waals surface area (Å²) >= 11 is 13.6. The Morgan fingerprint density at radius 3 is 2.69 bits per heavy atom. The number of urea groups is 1. The molecule has 35 heavy (non-hydrogen) atoms. The van der Waals surface area contributed by atoms with Gasteiger partial charge in [-0.3, -0.25) is 14.8 Å². The molecule has 1 atom stereocenters. The number of hydrogen-bond donors (Lipinski definition) is 2. The Kier molecular flexibility index (Phi) is 10.1. The highest BCUT2D eigenvalue weighted by molar-refractivity contribution is 7.07. The number of pyridine rings is 1. The van der Waals surface area contributed by atoms with Gasteiger partial charge in [0.2, 0.25) is 0 Å². The number of nitrogens with one attached hydrogen (secondary N) is 1. The fourth-order valence-electron chi connectivity index (χ4n) is 4.30. The van der Waals surface area contributed by atoms with Crippen molar-refractivity contribution in [3.05, 3.63) is 49.9 Å². The van der Waals surface area contributed by atoms with E-state index in [9.17, 15) is 14.8 Å². The summed E-state index contributed by atoms with van der Waals surface area (Å²) in [6.45, 7) is 6.06. The van der Waals surface area contributed by atoms with Crippen LogP contribution >= 0.6 is 34.5 Å². The van der Waals surface area contributed by atoms with Crippen molar-refractivity contribution in [3.8, 4) is 0 Å². The van der Waals surface area contributed by atoms with E-state index in [1.54, 1.807) is 18.3 Å². The number of piperidine rings is 1. The first-order chi connectivity index (χ1) is 16.7. The molecule has 1 aliphatic heterocycles. The van der Waals surface area contributed by atoms with Gasteiger partial charge in [0.15, 0.2) is 0 Å². The van der Waals surface area contributed by atoms with Gasteiger partial charge in [-0.25, -0.2) is 20.3 Å². The average Bonchev–Trinajstić information content (AvgIpc) is 3.33. The van der Waals surface area contributed by atoms with E-state index >= 15 is 0 Å². The molecule has 0 unspecified atom stereocenters. The average molecular weight is 545 g/mol. The van der Waals surface area contributed by atoms with Crippen LogP contribution < -0.4 is 5.48 Å². The second-order valence-corrected chi connectivity index (χ2v) is 10.2. The second kappa shape index (κ2) is 12.8. The summed E-state index contributed by atoms with van der Waals surface area (Å²) in [6, 6.07) is 3.54. The molecule has 2 N–H and O–H groups in total. The number of amides is 3. The van der Waals surface area contributed by atoms with Crippen molar-refractivity contribution >= 4 is 46.5 Å². The van der Waals surface area contributed by atoms with Crippen LogP contribution in [0.4, 0.5) is 4.79 Å². The van der Waals surface area contributed by atoms with Crippen LogP contribution in [0.1, 0.15) is 47.7 Å². The number of hydrogen-bond acceptors (Lipinski definition) is 7. The van der Waals surface area contributed by atoms with Crippen molar-refractivity contribution < 1.29 is 19.6 Å². The van der Waals surface area contributed by atoms with Gasteiger partial charge in [0.1, 0.15) is 10.3 Å². The monoisotopic (exact) mass is 543 g/mol. The summed E-state index contributed by atoms with van der Waals surface area (Å²) in [5.74, 6) is -0.601. The largest absolute Gasteiger partial charge is 0.341 e. The Hall–Kier alpha value is -1.95. The summed E-state index contributed by atoms with van der Waals surface area (Å²) in [5, 5.41) is 15.3. The molecule has 0 saturated carbocycles. The Balaban J connectivity index is 1.52. The van der Waals surface area contributed by atoms with Crippen LogP contribution in [-0.4, -0.2) is 75.8 Å². The Bertz CT molecular complexity index is 979. The van der Waals surface area contributed by atoms with Gasteiger partial charge >= 0.3 is 6.03 Å². The third-order valence-corrected chi connectivity index (χ3v) is 7.49. The summed E-state index contributed by atoms with van der Waals surface area (Å²) < 4.78 is 0. The Morgan fingerprint density at radius 1 is 1.37 bits per heavy atom. The molecule has 1 aliphatic rings. The van der Waals surface area contributed by atoms with Crippen LogP contribution in [0.15, 0.2) is 22.9 Å². The molecule has 0 bridgehead atoms. The predicted octanol–water partition coefficient (Wildman–Crippen LogP) is 4.61. The highest BCUT2D eigenvalue weighted by atomic mass is 35.5. The molecule has 2 aromatic heterocycles. The lowest BCUT2D eigenvalue weighted by Crippen LogP contribution is -2.51. The van der Waals surface area contributed by atoms with Gasteiger partial charge < -0.3 is 9.80 Å². The van der Waals surface area contributed by atoms with E-state index in [2.05, 4.69) is 22.3 Å². The smallest absolute Gasteiger partial charge is 0.316 e. The maximum atomic E-state index is 12.7. The van der Waals surface area contributed by atoms with E-state index in [0.717, 1.165) is 31.5 Å². The van der Waals surface area contributed by atoms with Crippen molar-refractivity contribution in [2.24, 2.45) is 0 Å². The minimum absolute atomic E-state index is 0.0290. The van der Waals surface area contributed by atoms with E-state index in [0.29, 0.717) is 23.6 Å². The number of hydroxylamine groups is 3. The summed E-state index contributed by atoms with van der Waals surface area (Å²) in [6.07, 6.45) is 2.21. The van der Waals surface area contributed by atoms with Gasteiger partial charge in [-0.2, -0.15) is 11.3 Å². The number of thiophene rings is 1. The van der Waals surface area contributed by atoms with Crippen LogP contribution in [0, 0.1) is 6.92 Å². The molecule has 1 saturated heterocycles. The van der Waals surface area contributed by atoms with Gasteiger partial charge in [-0.1, -0.05) is 23.2 Å². The highest BCUT2D eigenvalue weighted by Gasteiger charge is 2.30. The van der Waals surface area contributed by atoms with E-state index in [4.69, 9.17) is 28.0 Å². The van der Waals surface area contributed by atoms with Crippen molar-refractivity contribution in [3.63, 3.8) is 0 Å². The predicted molar refractivity (Wildman–Crippen MR) is 136 cm³/mol. The Morgan fingerprint density at radius 2 is 2.09 bits per heavy atom. The topological polar surface area (TPSA) is 98.2 Å². The first-order valence-electron chi connectivity index (χ1n) is 11.4. The molecule has 3 rings (SSSR count). The van der Waals surface area contributed by atoms with Crippen LogP contribution in [0.3, 0.4) is 0 Å². The van der Waals surface area contributed by atoms with Crippen LogP contribution in [0.5, 0.6) is 0 Å². The SMILES string of the molecule is CONC(=O)N(Cc1ccsc1)C1CCN([C@H](C)CCN(O)C(=O)c2c(C)cc(Cl)nc2Cl)CC1. The van der Waals surface area contributed by atoms with E-state index in [1.807, 2.05) is 21.7 Å². The first kappa shape index (κ1) is 27.6. The molecule has 0 aliphatic carbocycles. The second-order valence-electron chi connectivity index (χ2n) is 8.63. The zero-order chi connectivity index (χ0) is 25.5. The maximum absolute atomic E-state index is 12.7. The molecule has 3 amide bonds. The van der Waals surface area contributed by atoms with Gasteiger partial charge in [-0.05, 0) is 67.1 Å². The van der Waals surface area contributed by atoms with Gasteiger partial charge in [0.05, 0.1) is 19.2 Å². The van der Waals surface area contributed by atoms with Crippen LogP contribution in [-0.2, 0) is 11.4 Å². The third-order valence-electron chi connectivity index (χ3n) is 6.29. The molecule has 192 valence electrons. The molecule has 9 nitrogen and oxygen atoms in total. The molecule has 0 aromatic carbocycles. The van der Waals surface area contributed by atoms with Crippen LogP contribution in [0.25, 0.3) is 0 Å². The van der Waals surface area contributed by atoms with Crippen LogP contribution in [0.2, 0.25) is 10.3 Å². The van der Waals surface area contributed by atoms with Crippen molar-refractivity contribution in [1.82, 2.24) is 25.3 Å². The lowest BCUT2D eigenvalue weighted by Gasteiger charge is -2.40. The minimum atomic E-state index is -0.601. The molecule has 0 spiro atoms. The fraction of sp³-hybridized carbons (Fsp3) is 0.522. The number of rotatable bonds is 9. The number of carbonyl (C=O) groups is 2. The zero-order valence-corrected chi connectivity index (χ0v) is 22.4. The van der Waals surface area contributed by atoms with Gasteiger partial charge in [-0.15, -0.1) is 0 Å². The quantitative estimate of drug-likeness (QED) is 0.272. The number of aromatic nitrogens is 1. The number of carbonyl (C=O) groups excluding carboxylic acids is 2. The van der Waals surface area contributed by atoms with E-state index < -0.39 is 5.91 Å². The molecule has 2 aromatic rings. The standard InChI is InChI=1S/C23H31Cl2N5O4S/c1-15-12-19(24)26-21(25)20(15)22(31)30(33)10-4-16(2)28-8-5-18(6-9-28)29(23(32)27-34-3)13-17-7-11-35-14-17/h7,11-12,14,16,18,33H,4-6,8-10,13H2,1-3H3,(H,27,32)/t16-/m1/s1. The first-order valence-corrected chi connectivity index (χ1v) is 13.1. The number of halogens is 2. The number of likely N-dealkylation sites (tertiary alicyclic amines) is 1. The Labute approximate surface area is 219 Å². The molecular weight excluding hydrogens is 513 g/mol. The van der Waals surface area contributed by atoms with Gasteiger partial charge in [0.25, 0.3) is 5.91 Å². The molecular formula is C23H31Cl2N5O4S. The molecule has 3 heterocycles. The molecule has 12 heteroatoms. The maximum Gasteiger partial charge on any atom is 0.341 e. The lowest BCUT2D eigenvalue weighted by molar-refractivity contribution is -0.0625. The molecule has 0 radical (unpaired) electrons. The lowest BCUT2D eigenvalue weighted by atomic mass is 10.0. The highest BCUT2D eigenvalue weighted by Crippen LogP contribution is 2.24. The summed E-state index contributed by atoms with van der Waals surface area (Å²) in [7, 11) is 1.43. The van der Waals surface area contributed by atoms with Crippen molar-refractivity contribution in [2.75, 3.05) is 26.7 Å². The normalized spacial score (nSPS) is 15.6. The summed E-state index contributed by atoms with van der Waals surface area (Å²) in [5.41, 5.74) is 4.24. The zero-order valence-electron chi connectivity index (χ0n) is 20.0. The number of aryl methyl sites for hydroxylation is 1. The van der Waals surface area contributed by atoms with Crippen molar-refractivity contribution in [2.45, 2.75) is 51.7 Å². The minimum Gasteiger partial charge on any atom is -0.316 e. The third kappa shape index (κ3) is 7.28. The molecule has 1 fully saturated rings.